The molecule has 0 aromatic heterocycles. The van der Waals surface area contributed by atoms with E-state index in [0.717, 1.165) is 12.0 Å². The highest BCUT2D eigenvalue weighted by atomic mass is 32.1. The van der Waals surface area contributed by atoms with E-state index in [2.05, 4.69) is 10.6 Å². The summed E-state index contributed by atoms with van der Waals surface area (Å²) >= 11 is 5.12. The minimum absolute atomic E-state index is 0.00851. The van der Waals surface area contributed by atoms with Crippen molar-refractivity contribution in [1.29, 1.82) is 0 Å². The summed E-state index contributed by atoms with van der Waals surface area (Å²) in [7, 11) is 0. The zero-order valence-corrected chi connectivity index (χ0v) is 15.8. The fourth-order valence-electron chi connectivity index (χ4n) is 2.59. The molecule has 0 unspecified atom stereocenters. The Morgan fingerprint density at radius 3 is 2.39 bits per heavy atom. The molecule has 142 valence electrons. The van der Waals surface area contributed by atoms with Crippen molar-refractivity contribution in [2.75, 3.05) is 11.9 Å². The summed E-state index contributed by atoms with van der Waals surface area (Å²) < 4.78 is 19.5. The van der Waals surface area contributed by atoms with E-state index in [9.17, 15) is 9.18 Å². The topological polar surface area (TPSA) is 50.4 Å². The van der Waals surface area contributed by atoms with Gasteiger partial charge >= 0.3 is 0 Å². The lowest BCUT2D eigenvalue weighted by atomic mass is 10.1. The number of nitrogens with one attached hydrogen (secondary N) is 2. The smallest absolute Gasteiger partial charge is 0.261 e. The second kappa shape index (κ2) is 9.62. The van der Waals surface area contributed by atoms with Crippen molar-refractivity contribution in [2.45, 2.75) is 6.42 Å². The molecule has 0 atom stereocenters. The normalized spacial score (nSPS) is 10.2. The summed E-state index contributed by atoms with van der Waals surface area (Å²) in [6.07, 6.45) is 0.726. The van der Waals surface area contributed by atoms with Gasteiger partial charge in [-0.2, -0.15) is 0 Å². The number of thiocarbonyl (C=S) groups is 1. The highest BCUT2D eigenvalue weighted by molar-refractivity contribution is 7.80. The molecule has 3 aromatic carbocycles. The maximum atomic E-state index is 13.7. The van der Waals surface area contributed by atoms with E-state index in [0.29, 0.717) is 17.9 Å². The standard InChI is InChI=1S/C22H19FN2O2S/c23-18-11-5-6-12-19(18)24-22(28)25-21(26)17-10-4-7-13-20(17)27-15-14-16-8-2-1-3-9-16/h1-13H,14-15H2,(H2,24,25,26,28). The lowest BCUT2D eigenvalue weighted by molar-refractivity contribution is 0.0974. The Labute approximate surface area is 168 Å². The zero-order chi connectivity index (χ0) is 19.8. The molecule has 0 aliphatic carbocycles. The van der Waals surface area contributed by atoms with Crippen LogP contribution in [-0.4, -0.2) is 17.6 Å². The molecule has 0 radical (unpaired) electrons. The number of ether oxygens (including phenoxy) is 1. The predicted molar refractivity (Wildman–Crippen MR) is 112 cm³/mol. The van der Waals surface area contributed by atoms with Crippen LogP contribution in [0.25, 0.3) is 0 Å². The van der Waals surface area contributed by atoms with E-state index >= 15 is 0 Å². The number of hydrogen-bond donors (Lipinski definition) is 2. The molecule has 0 saturated heterocycles. The van der Waals surface area contributed by atoms with Crippen LogP contribution in [0.15, 0.2) is 78.9 Å². The number of hydrogen-bond acceptors (Lipinski definition) is 3. The van der Waals surface area contributed by atoms with E-state index in [1.54, 1.807) is 36.4 Å². The van der Waals surface area contributed by atoms with Gasteiger partial charge in [-0.25, -0.2) is 4.39 Å². The molecule has 0 bridgehead atoms. The van der Waals surface area contributed by atoms with Gasteiger partial charge in [-0.05, 0) is 42.0 Å². The van der Waals surface area contributed by atoms with Crippen LogP contribution >= 0.6 is 12.2 Å². The Balaban J connectivity index is 1.60. The fraction of sp³-hybridized carbons (Fsp3) is 0.0909. The molecule has 0 saturated carbocycles. The van der Waals surface area contributed by atoms with Crippen LogP contribution in [0.4, 0.5) is 10.1 Å². The third kappa shape index (κ3) is 5.37. The molecule has 0 spiro atoms. The molecule has 3 aromatic rings. The fourth-order valence-corrected chi connectivity index (χ4v) is 2.79. The van der Waals surface area contributed by atoms with Crippen LogP contribution in [0.5, 0.6) is 5.75 Å². The maximum absolute atomic E-state index is 13.7. The van der Waals surface area contributed by atoms with Crippen LogP contribution in [0.2, 0.25) is 0 Å². The average molecular weight is 394 g/mol. The summed E-state index contributed by atoms with van der Waals surface area (Å²) in [5, 5.41) is 5.24. The largest absolute Gasteiger partial charge is 0.492 e. The monoisotopic (exact) mass is 394 g/mol. The highest BCUT2D eigenvalue weighted by Gasteiger charge is 2.14. The van der Waals surface area contributed by atoms with Gasteiger partial charge in [-0.15, -0.1) is 0 Å². The molecular formula is C22H19FN2O2S. The van der Waals surface area contributed by atoms with Crippen molar-refractivity contribution in [2.24, 2.45) is 0 Å². The first-order valence-corrected chi connectivity index (χ1v) is 9.17. The number of para-hydroxylation sites is 2. The van der Waals surface area contributed by atoms with Crippen LogP contribution in [0.3, 0.4) is 0 Å². The van der Waals surface area contributed by atoms with E-state index < -0.39 is 11.7 Å². The van der Waals surface area contributed by atoms with Crippen molar-refractivity contribution in [3.05, 3.63) is 95.8 Å². The van der Waals surface area contributed by atoms with Gasteiger partial charge in [0.15, 0.2) is 5.11 Å². The van der Waals surface area contributed by atoms with E-state index in [1.807, 2.05) is 30.3 Å². The van der Waals surface area contributed by atoms with Crippen LogP contribution in [-0.2, 0) is 6.42 Å². The average Bonchev–Trinajstić information content (AvgIpc) is 2.71. The van der Waals surface area contributed by atoms with Crippen molar-refractivity contribution in [3.8, 4) is 5.75 Å². The van der Waals surface area contributed by atoms with Gasteiger partial charge in [0.25, 0.3) is 5.91 Å². The summed E-state index contributed by atoms with van der Waals surface area (Å²) in [6.45, 7) is 0.437. The van der Waals surface area contributed by atoms with Crippen molar-refractivity contribution in [3.63, 3.8) is 0 Å². The molecule has 0 fully saturated rings. The number of halogens is 1. The first-order chi connectivity index (χ1) is 13.6. The minimum Gasteiger partial charge on any atom is -0.492 e. The number of amides is 1. The summed E-state index contributed by atoms with van der Waals surface area (Å²) in [5.74, 6) is -0.419. The van der Waals surface area contributed by atoms with Crippen molar-refractivity contribution < 1.29 is 13.9 Å². The summed E-state index contributed by atoms with van der Waals surface area (Å²) in [5.41, 5.74) is 1.70. The molecule has 0 aliphatic heterocycles. The van der Waals surface area contributed by atoms with E-state index in [-0.39, 0.29) is 10.8 Å². The summed E-state index contributed by atoms with van der Waals surface area (Å²) in [4.78, 5) is 12.6. The second-order valence-electron chi connectivity index (χ2n) is 5.97. The van der Waals surface area contributed by atoms with Gasteiger partial charge < -0.3 is 10.1 Å². The lowest BCUT2D eigenvalue weighted by Crippen LogP contribution is -2.34. The lowest BCUT2D eigenvalue weighted by Gasteiger charge is -2.13. The van der Waals surface area contributed by atoms with Gasteiger partial charge in [0.2, 0.25) is 0 Å². The second-order valence-corrected chi connectivity index (χ2v) is 6.38. The number of benzene rings is 3. The van der Waals surface area contributed by atoms with Gasteiger partial charge in [-0.3, -0.25) is 10.1 Å². The predicted octanol–water partition coefficient (Wildman–Crippen LogP) is 4.57. The Bertz CT molecular complexity index is 964. The molecular weight excluding hydrogens is 375 g/mol. The quantitative estimate of drug-likeness (QED) is 0.601. The Morgan fingerprint density at radius 1 is 0.929 bits per heavy atom. The number of rotatable bonds is 6. The SMILES string of the molecule is O=C(NC(=S)Nc1ccccc1F)c1ccccc1OCCc1ccccc1. The number of carbonyl (C=O) groups excluding carboxylic acids is 1. The van der Waals surface area contributed by atoms with E-state index in [1.165, 1.54) is 12.1 Å². The molecule has 3 rings (SSSR count). The van der Waals surface area contributed by atoms with E-state index in [4.69, 9.17) is 17.0 Å². The van der Waals surface area contributed by atoms with Crippen LogP contribution in [0.1, 0.15) is 15.9 Å². The molecule has 2 N–H and O–H groups in total. The minimum atomic E-state index is -0.455. The van der Waals surface area contributed by atoms with Gasteiger partial charge in [-0.1, -0.05) is 54.6 Å². The van der Waals surface area contributed by atoms with Gasteiger partial charge in [0, 0.05) is 6.42 Å². The number of carbonyl (C=O) groups is 1. The molecule has 28 heavy (non-hydrogen) atoms. The van der Waals surface area contributed by atoms with Gasteiger partial charge in [0.1, 0.15) is 11.6 Å². The molecule has 1 amide bonds. The zero-order valence-electron chi connectivity index (χ0n) is 15.0. The first kappa shape index (κ1) is 19.5. The molecule has 6 heteroatoms. The molecule has 0 aliphatic rings. The summed E-state index contributed by atoms with van der Waals surface area (Å²) in [6, 6.07) is 23.0. The molecule has 4 nitrogen and oxygen atoms in total. The maximum Gasteiger partial charge on any atom is 0.261 e. The number of anilines is 1. The van der Waals surface area contributed by atoms with Crippen molar-refractivity contribution >= 4 is 28.9 Å². The third-order valence-corrected chi connectivity index (χ3v) is 4.18. The third-order valence-electron chi connectivity index (χ3n) is 3.97. The highest BCUT2D eigenvalue weighted by Crippen LogP contribution is 2.18. The molecule has 0 heterocycles. The van der Waals surface area contributed by atoms with Gasteiger partial charge in [0.05, 0.1) is 17.9 Å². The van der Waals surface area contributed by atoms with Crippen LogP contribution < -0.4 is 15.4 Å². The van der Waals surface area contributed by atoms with Crippen molar-refractivity contribution in [1.82, 2.24) is 5.32 Å². The Morgan fingerprint density at radius 2 is 1.61 bits per heavy atom. The Hall–Kier alpha value is -3.25. The Kier molecular flexibility index (Phi) is 6.70. The van der Waals surface area contributed by atoms with Crippen LogP contribution in [0, 0.1) is 5.82 Å². The first-order valence-electron chi connectivity index (χ1n) is 8.76.